The molecule has 0 spiro atoms. The zero-order valence-electron chi connectivity index (χ0n) is 2.90. The van der Waals surface area contributed by atoms with Crippen molar-refractivity contribution in [2.45, 2.75) is 0 Å². The summed E-state index contributed by atoms with van der Waals surface area (Å²) >= 11 is 0. The van der Waals surface area contributed by atoms with Crippen LogP contribution in [-0.2, 0) is 4.57 Å². The second kappa shape index (κ2) is 2.28. The van der Waals surface area contributed by atoms with Crippen molar-refractivity contribution in [3.8, 4) is 0 Å². The summed E-state index contributed by atoms with van der Waals surface area (Å²) < 4.78 is 8.88. The van der Waals surface area contributed by atoms with Gasteiger partial charge in [0.05, 0.1) is 0 Å². The summed E-state index contributed by atoms with van der Waals surface area (Å²) in [6.45, 7) is 0. The van der Waals surface area contributed by atoms with Gasteiger partial charge in [-0.05, 0) is 0 Å². The standard InChI is InChI=1S/H3N.H3O4P.H2/c;1-5(2,3)4;/h1H3;(H3,1,2,3,4);1H. The first-order valence-corrected chi connectivity index (χ1v) is 2.35. The molecule has 5 nitrogen and oxygen atoms in total. The van der Waals surface area contributed by atoms with Gasteiger partial charge in [-0.25, -0.2) is 4.57 Å². The second-order valence-electron chi connectivity index (χ2n) is 0.513. The molecule has 0 atom stereocenters. The van der Waals surface area contributed by atoms with Gasteiger partial charge in [-0.2, -0.15) is 0 Å². The van der Waals surface area contributed by atoms with Gasteiger partial charge in [0.2, 0.25) is 0 Å². The van der Waals surface area contributed by atoms with Crippen LogP contribution in [0, 0.1) is 0 Å². The molecular weight excluding hydrogens is 109 g/mol. The van der Waals surface area contributed by atoms with E-state index in [4.69, 9.17) is 19.2 Å². The zero-order chi connectivity index (χ0) is 4.50. The first-order chi connectivity index (χ1) is 2.00. The van der Waals surface area contributed by atoms with Gasteiger partial charge in [0.1, 0.15) is 0 Å². The highest BCUT2D eigenvalue weighted by Crippen LogP contribution is 2.25. The molecule has 0 aliphatic carbocycles. The van der Waals surface area contributed by atoms with Crippen LogP contribution in [-0.4, -0.2) is 14.7 Å². The van der Waals surface area contributed by atoms with Crippen LogP contribution < -0.4 is 6.15 Å². The van der Waals surface area contributed by atoms with E-state index in [0.717, 1.165) is 0 Å². The van der Waals surface area contributed by atoms with Crippen LogP contribution >= 0.6 is 7.82 Å². The minimum atomic E-state index is -4.64. The van der Waals surface area contributed by atoms with E-state index in [-0.39, 0.29) is 7.58 Å². The molecule has 0 rings (SSSR count). The fourth-order valence-electron chi connectivity index (χ4n) is 0. The fourth-order valence-corrected chi connectivity index (χ4v) is 0. The number of rotatable bonds is 0. The van der Waals surface area contributed by atoms with E-state index in [1.165, 1.54) is 0 Å². The summed E-state index contributed by atoms with van der Waals surface area (Å²) in [4.78, 5) is 21.6. The third-order valence-electron chi connectivity index (χ3n) is 0. The Hall–Kier alpha value is 0.0700. The molecule has 0 bridgehead atoms. The van der Waals surface area contributed by atoms with Crippen LogP contribution in [0.3, 0.4) is 0 Å². The Morgan fingerprint density at radius 1 is 1.33 bits per heavy atom. The van der Waals surface area contributed by atoms with Gasteiger partial charge >= 0.3 is 7.82 Å². The summed E-state index contributed by atoms with van der Waals surface area (Å²) in [6, 6.07) is 0. The van der Waals surface area contributed by atoms with Gasteiger partial charge in [-0.1, -0.05) is 0 Å². The smallest absolute Gasteiger partial charge is 0.344 e. The normalized spacial score (nSPS) is 9.83. The van der Waals surface area contributed by atoms with E-state index in [2.05, 4.69) is 0 Å². The Labute approximate surface area is 35.9 Å². The fraction of sp³-hybridized carbons (Fsp3) is 0. The molecule has 6 heavy (non-hydrogen) atoms. The predicted molar refractivity (Wildman–Crippen MR) is 21.4 cm³/mol. The lowest BCUT2D eigenvalue weighted by molar-refractivity contribution is 0.275. The van der Waals surface area contributed by atoms with Crippen molar-refractivity contribution < 1.29 is 20.7 Å². The summed E-state index contributed by atoms with van der Waals surface area (Å²) in [5, 5.41) is 0. The van der Waals surface area contributed by atoms with Gasteiger partial charge in [0.25, 0.3) is 0 Å². The summed E-state index contributed by atoms with van der Waals surface area (Å²) in [5.74, 6) is 0. The molecule has 0 unspecified atom stereocenters. The minimum absolute atomic E-state index is 0. The maximum atomic E-state index is 8.88. The van der Waals surface area contributed by atoms with Gasteiger partial charge < -0.3 is 20.8 Å². The highest BCUT2D eigenvalue weighted by molar-refractivity contribution is 7.45. The molecule has 6 N–H and O–H groups in total. The molecule has 0 amide bonds. The molecule has 0 aromatic carbocycles. The first kappa shape index (κ1) is 9.42. The minimum Gasteiger partial charge on any atom is -0.344 e. The van der Waals surface area contributed by atoms with E-state index in [9.17, 15) is 0 Å². The van der Waals surface area contributed by atoms with Crippen LogP contribution in [0.1, 0.15) is 1.43 Å². The van der Waals surface area contributed by atoms with E-state index < -0.39 is 7.82 Å². The van der Waals surface area contributed by atoms with Gasteiger partial charge in [-0.3, -0.25) is 0 Å². The monoisotopic (exact) mass is 117 g/mol. The first-order valence-electron chi connectivity index (χ1n) is 0.783. The molecule has 0 radical (unpaired) electrons. The Kier molecular flexibility index (Phi) is 3.58. The number of phosphoric acid groups is 1. The average molecular weight is 117 g/mol. The average Bonchev–Trinajstić information content (AvgIpc) is 0.722. The molecule has 0 saturated heterocycles. The van der Waals surface area contributed by atoms with E-state index >= 15 is 0 Å². The largest absolute Gasteiger partial charge is 0.466 e. The van der Waals surface area contributed by atoms with Crippen molar-refractivity contribution >= 4 is 7.82 Å². The molecule has 0 saturated carbocycles. The van der Waals surface area contributed by atoms with Crippen LogP contribution in [0.5, 0.6) is 0 Å². The van der Waals surface area contributed by atoms with E-state index in [1.807, 2.05) is 0 Å². The SMILES string of the molecule is N.O=P(O)(O)O.[HH]. The Bertz CT molecular complexity index is 57.8. The molecule has 42 valence electrons. The maximum absolute atomic E-state index is 8.88. The lowest BCUT2D eigenvalue weighted by atomic mass is 14.0. The Morgan fingerprint density at radius 2 is 1.33 bits per heavy atom. The van der Waals surface area contributed by atoms with Gasteiger partial charge in [-0.15, -0.1) is 0 Å². The van der Waals surface area contributed by atoms with Gasteiger partial charge in [0, 0.05) is 1.43 Å². The molecule has 0 aromatic rings. The van der Waals surface area contributed by atoms with Crippen molar-refractivity contribution in [3.05, 3.63) is 0 Å². The van der Waals surface area contributed by atoms with Crippen LogP contribution in [0.25, 0.3) is 0 Å². The summed E-state index contributed by atoms with van der Waals surface area (Å²) in [5.41, 5.74) is 0. The van der Waals surface area contributed by atoms with Crippen LogP contribution in [0.2, 0.25) is 0 Å². The lowest BCUT2D eigenvalue weighted by Gasteiger charge is -1.82. The molecule has 0 aliphatic heterocycles. The topological polar surface area (TPSA) is 113 Å². The van der Waals surface area contributed by atoms with E-state index in [0.29, 0.717) is 0 Å². The summed E-state index contributed by atoms with van der Waals surface area (Å²) in [7, 11) is -4.64. The van der Waals surface area contributed by atoms with Crippen LogP contribution in [0.15, 0.2) is 0 Å². The van der Waals surface area contributed by atoms with E-state index in [1.54, 1.807) is 0 Å². The highest BCUT2D eigenvalue weighted by Gasteiger charge is 2.00. The van der Waals surface area contributed by atoms with Gasteiger partial charge in [0.15, 0.2) is 0 Å². The highest BCUT2D eigenvalue weighted by atomic mass is 31.2. The van der Waals surface area contributed by atoms with Crippen molar-refractivity contribution in [3.63, 3.8) is 0 Å². The molecule has 0 heterocycles. The van der Waals surface area contributed by atoms with Crippen molar-refractivity contribution in [1.82, 2.24) is 6.15 Å². The van der Waals surface area contributed by atoms with Crippen molar-refractivity contribution in [2.24, 2.45) is 0 Å². The molecule has 0 aromatic heterocycles. The Balaban J connectivity index is -0.0000000800. The summed E-state index contributed by atoms with van der Waals surface area (Å²) in [6.07, 6.45) is 0. The predicted octanol–water partition coefficient (Wildman–Crippen LogP) is -0.521. The second-order valence-corrected chi connectivity index (χ2v) is 1.54. The third kappa shape index (κ3) is 7830. The van der Waals surface area contributed by atoms with Crippen LogP contribution in [0.4, 0.5) is 0 Å². The quantitative estimate of drug-likeness (QED) is 0.319. The maximum Gasteiger partial charge on any atom is 0.466 e. The van der Waals surface area contributed by atoms with Crippen molar-refractivity contribution in [2.75, 3.05) is 0 Å². The number of hydrogen-bond donors (Lipinski definition) is 4. The molecule has 0 fully saturated rings. The molecular formula is H8NO4P. The Morgan fingerprint density at radius 3 is 1.33 bits per heavy atom. The van der Waals surface area contributed by atoms with Crippen molar-refractivity contribution in [1.29, 1.82) is 0 Å². The third-order valence-corrected chi connectivity index (χ3v) is 0. The zero-order valence-corrected chi connectivity index (χ0v) is 3.80. The number of hydrogen-bond acceptors (Lipinski definition) is 2. The lowest BCUT2D eigenvalue weighted by Crippen LogP contribution is -1.66. The molecule has 0 aliphatic rings. The molecule has 6 heteroatoms.